The van der Waals surface area contributed by atoms with E-state index >= 15 is 0 Å². The Morgan fingerprint density at radius 2 is 2.00 bits per heavy atom. The molecule has 1 saturated heterocycles. The lowest BCUT2D eigenvalue weighted by atomic mass is 9.81. The molecule has 0 aromatic carbocycles. The molecule has 1 rings (SSSR count). The number of hydrogen-bond acceptors (Lipinski definition) is 3. The molecule has 4 unspecified atom stereocenters. The second kappa shape index (κ2) is 6.46. The quantitative estimate of drug-likeness (QED) is 0.639. The Kier molecular flexibility index (Phi) is 5.58. The van der Waals surface area contributed by atoms with Crippen LogP contribution in [0.5, 0.6) is 0 Å². The maximum Gasteiger partial charge on any atom is 0.0462 e. The number of nitrogens with one attached hydrogen (secondary N) is 2. The molecule has 90 valence electrons. The number of aliphatic hydroxyl groups excluding tert-OH is 1. The van der Waals surface area contributed by atoms with Crippen LogP contribution < -0.4 is 10.6 Å². The van der Waals surface area contributed by atoms with Gasteiger partial charge in [-0.05, 0) is 18.8 Å². The van der Waals surface area contributed by atoms with Crippen LogP contribution in [0, 0.1) is 11.8 Å². The summed E-state index contributed by atoms with van der Waals surface area (Å²) in [4.78, 5) is 0. The number of rotatable bonds is 5. The highest BCUT2D eigenvalue weighted by Gasteiger charge is 2.29. The lowest BCUT2D eigenvalue weighted by Crippen LogP contribution is -2.57. The molecule has 0 saturated carbocycles. The van der Waals surface area contributed by atoms with Gasteiger partial charge in [-0.2, -0.15) is 0 Å². The van der Waals surface area contributed by atoms with Gasteiger partial charge in [0.25, 0.3) is 0 Å². The Morgan fingerprint density at radius 3 is 2.47 bits per heavy atom. The molecule has 4 atom stereocenters. The van der Waals surface area contributed by atoms with Crippen LogP contribution in [-0.4, -0.2) is 36.9 Å². The molecule has 3 heteroatoms. The minimum Gasteiger partial charge on any atom is -0.396 e. The predicted molar refractivity (Wildman–Crippen MR) is 63.9 cm³/mol. The predicted octanol–water partition coefficient (Wildman–Crippen LogP) is 0.981. The molecule has 0 aromatic heterocycles. The van der Waals surface area contributed by atoms with Crippen LogP contribution in [0.1, 0.15) is 33.6 Å². The van der Waals surface area contributed by atoms with E-state index in [-0.39, 0.29) is 0 Å². The zero-order valence-corrected chi connectivity index (χ0v) is 10.3. The Labute approximate surface area is 93.6 Å². The molecule has 0 amide bonds. The summed E-state index contributed by atoms with van der Waals surface area (Å²) >= 11 is 0. The molecule has 1 fully saturated rings. The van der Waals surface area contributed by atoms with Crippen molar-refractivity contribution in [2.45, 2.75) is 45.7 Å². The van der Waals surface area contributed by atoms with Crippen molar-refractivity contribution in [3.63, 3.8) is 0 Å². The average Bonchev–Trinajstić information content (AvgIpc) is 2.25. The summed E-state index contributed by atoms with van der Waals surface area (Å²) in [7, 11) is 0. The first-order valence-electron chi connectivity index (χ1n) is 6.30. The fourth-order valence-corrected chi connectivity index (χ4v) is 2.73. The monoisotopic (exact) mass is 214 g/mol. The highest BCUT2D eigenvalue weighted by atomic mass is 16.3. The van der Waals surface area contributed by atoms with E-state index in [1.165, 1.54) is 0 Å². The van der Waals surface area contributed by atoms with E-state index in [2.05, 4.69) is 31.4 Å². The van der Waals surface area contributed by atoms with Crippen molar-refractivity contribution in [3.8, 4) is 0 Å². The van der Waals surface area contributed by atoms with Crippen molar-refractivity contribution < 1.29 is 5.11 Å². The third kappa shape index (κ3) is 3.44. The Bertz CT molecular complexity index is 171. The van der Waals surface area contributed by atoms with Crippen LogP contribution in [0.4, 0.5) is 0 Å². The molecule has 1 aliphatic heterocycles. The molecule has 0 bridgehead atoms. The van der Waals surface area contributed by atoms with Gasteiger partial charge in [0.05, 0.1) is 0 Å². The molecule has 3 N–H and O–H groups in total. The summed E-state index contributed by atoms with van der Waals surface area (Å²) in [6, 6.07) is 1.07. The van der Waals surface area contributed by atoms with E-state index in [0.717, 1.165) is 25.9 Å². The summed E-state index contributed by atoms with van der Waals surface area (Å²) in [6.45, 7) is 9.03. The third-order valence-electron chi connectivity index (χ3n) is 3.67. The summed E-state index contributed by atoms with van der Waals surface area (Å²) in [5, 5.41) is 16.5. The average molecular weight is 214 g/mol. The van der Waals surface area contributed by atoms with Crippen LogP contribution >= 0.6 is 0 Å². The summed E-state index contributed by atoms with van der Waals surface area (Å²) in [6.07, 6.45) is 2.21. The molecule has 15 heavy (non-hydrogen) atoms. The van der Waals surface area contributed by atoms with Gasteiger partial charge in [0.15, 0.2) is 0 Å². The van der Waals surface area contributed by atoms with E-state index in [4.69, 9.17) is 0 Å². The lowest BCUT2D eigenvalue weighted by molar-refractivity contribution is 0.126. The molecule has 3 nitrogen and oxygen atoms in total. The SMILES string of the molecule is CCC(CO)C(CC)C1CNCC(C)N1. The molecule has 0 aromatic rings. The van der Waals surface area contributed by atoms with E-state index < -0.39 is 0 Å². The van der Waals surface area contributed by atoms with E-state index in [9.17, 15) is 5.11 Å². The van der Waals surface area contributed by atoms with E-state index in [1.54, 1.807) is 0 Å². The minimum atomic E-state index is 0.321. The second-order valence-corrected chi connectivity index (χ2v) is 4.76. The summed E-state index contributed by atoms with van der Waals surface area (Å²) < 4.78 is 0. The standard InChI is InChI=1S/C12H26N2O/c1-4-10(8-15)11(5-2)12-7-13-6-9(3)14-12/h9-15H,4-8H2,1-3H3. The molecule has 1 aliphatic rings. The van der Waals surface area contributed by atoms with Gasteiger partial charge in [-0.3, -0.25) is 0 Å². The van der Waals surface area contributed by atoms with Gasteiger partial charge >= 0.3 is 0 Å². The van der Waals surface area contributed by atoms with Crippen LogP contribution in [-0.2, 0) is 0 Å². The van der Waals surface area contributed by atoms with Crippen LogP contribution in [0.15, 0.2) is 0 Å². The first-order chi connectivity index (χ1) is 7.22. The van der Waals surface area contributed by atoms with Gasteiger partial charge in [-0.1, -0.05) is 26.7 Å². The fraction of sp³-hybridized carbons (Fsp3) is 1.00. The topological polar surface area (TPSA) is 44.3 Å². The maximum atomic E-state index is 9.38. The van der Waals surface area contributed by atoms with Crippen molar-refractivity contribution in [1.82, 2.24) is 10.6 Å². The maximum absolute atomic E-state index is 9.38. The zero-order valence-electron chi connectivity index (χ0n) is 10.3. The van der Waals surface area contributed by atoms with Crippen LogP contribution in [0.25, 0.3) is 0 Å². The molecule has 1 heterocycles. The molecule has 0 spiro atoms. The summed E-state index contributed by atoms with van der Waals surface area (Å²) in [5.74, 6) is 1.04. The number of piperazine rings is 1. The van der Waals surface area contributed by atoms with Crippen molar-refractivity contribution >= 4 is 0 Å². The molecule has 0 radical (unpaired) electrons. The van der Waals surface area contributed by atoms with Gasteiger partial charge in [0.1, 0.15) is 0 Å². The number of hydrogen-bond donors (Lipinski definition) is 3. The van der Waals surface area contributed by atoms with Gasteiger partial charge in [0, 0.05) is 31.8 Å². The van der Waals surface area contributed by atoms with Crippen molar-refractivity contribution in [2.24, 2.45) is 11.8 Å². The Balaban J connectivity index is 2.55. The van der Waals surface area contributed by atoms with Crippen molar-refractivity contribution in [2.75, 3.05) is 19.7 Å². The Hall–Kier alpha value is -0.120. The highest BCUT2D eigenvalue weighted by Crippen LogP contribution is 2.23. The lowest BCUT2D eigenvalue weighted by Gasteiger charge is -2.38. The van der Waals surface area contributed by atoms with Gasteiger partial charge < -0.3 is 15.7 Å². The molecular formula is C12H26N2O. The highest BCUT2D eigenvalue weighted by molar-refractivity contribution is 4.88. The zero-order chi connectivity index (χ0) is 11.3. The van der Waals surface area contributed by atoms with Crippen LogP contribution in [0.2, 0.25) is 0 Å². The van der Waals surface area contributed by atoms with E-state index in [0.29, 0.717) is 30.5 Å². The van der Waals surface area contributed by atoms with Crippen LogP contribution in [0.3, 0.4) is 0 Å². The molecular weight excluding hydrogens is 188 g/mol. The third-order valence-corrected chi connectivity index (χ3v) is 3.67. The van der Waals surface area contributed by atoms with Gasteiger partial charge in [0.2, 0.25) is 0 Å². The first-order valence-corrected chi connectivity index (χ1v) is 6.30. The van der Waals surface area contributed by atoms with Gasteiger partial charge in [-0.15, -0.1) is 0 Å². The van der Waals surface area contributed by atoms with E-state index in [1.807, 2.05) is 0 Å². The van der Waals surface area contributed by atoms with Crippen molar-refractivity contribution in [3.05, 3.63) is 0 Å². The van der Waals surface area contributed by atoms with Crippen molar-refractivity contribution in [1.29, 1.82) is 0 Å². The van der Waals surface area contributed by atoms with Gasteiger partial charge in [-0.25, -0.2) is 0 Å². The summed E-state index contributed by atoms with van der Waals surface area (Å²) in [5.41, 5.74) is 0. The first kappa shape index (κ1) is 12.9. The minimum absolute atomic E-state index is 0.321. The fourth-order valence-electron chi connectivity index (χ4n) is 2.73. The second-order valence-electron chi connectivity index (χ2n) is 4.76. The Morgan fingerprint density at radius 1 is 1.27 bits per heavy atom. The largest absolute Gasteiger partial charge is 0.396 e. The normalized spacial score (nSPS) is 31.2. The molecule has 0 aliphatic carbocycles. The smallest absolute Gasteiger partial charge is 0.0462 e. The number of aliphatic hydroxyl groups is 1.